The van der Waals surface area contributed by atoms with E-state index in [1.54, 1.807) is 11.8 Å². The average Bonchev–Trinajstić information content (AvgIpc) is 2.58. The second kappa shape index (κ2) is 7.13. The Hall–Kier alpha value is -1.88. The van der Waals surface area contributed by atoms with E-state index in [0.717, 1.165) is 43.5 Å². The van der Waals surface area contributed by atoms with Crippen LogP contribution in [-0.4, -0.2) is 49.6 Å². The summed E-state index contributed by atoms with van der Waals surface area (Å²) in [5, 5.41) is 3.37. The summed E-state index contributed by atoms with van der Waals surface area (Å²) in [6, 6.07) is 6.31. The van der Waals surface area contributed by atoms with Gasteiger partial charge in [0.25, 0.3) is 5.91 Å². The van der Waals surface area contributed by atoms with Gasteiger partial charge in [-0.2, -0.15) is 0 Å². The molecule has 2 aliphatic rings. The minimum Gasteiger partial charge on any atom is -0.465 e. The number of benzene rings is 1. The molecule has 1 aromatic rings. The summed E-state index contributed by atoms with van der Waals surface area (Å²) < 4.78 is 4.96. The maximum absolute atomic E-state index is 12.7. The van der Waals surface area contributed by atoms with Crippen molar-refractivity contribution >= 4 is 11.9 Å². The summed E-state index contributed by atoms with van der Waals surface area (Å²) in [5.74, 6) is 0.142. The van der Waals surface area contributed by atoms with E-state index in [1.807, 2.05) is 6.07 Å². The molecule has 3 rings (SSSR count). The van der Waals surface area contributed by atoms with Crippen LogP contribution in [0.4, 0.5) is 0 Å². The third-order valence-corrected chi connectivity index (χ3v) is 4.74. The highest BCUT2D eigenvalue weighted by Crippen LogP contribution is 2.29. The fourth-order valence-corrected chi connectivity index (χ4v) is 3.46. The molecule has 1 amide bonds. The maximum Gasteiger partial charge on any atom is 0.325 e. The largest absolute Gasteiger partial charge is 0.465 e. The van der Waals surface area contributed by atoms with Gasteiger partial charge in [0.05, 0.1) is 6.61 Å². The molecule has 2 heterocycles. The monoisotopic (exact) mass is 316 g/mol. The van der Waals surface area contributed by atoms with Crippen molar-refractivity contribution in [3.8, 4) is 0 Å². The predicted octanol–water partition coefficient (Wildman–Crippen LogP) is 1.71. The molecule has 0 unspecified atom stereocenters. The Bertz CT molecular complexity index is 594. The lowest BCUT2D eigenvalue weighted by Gasteiger charge is -2.29. The van der Waals surface area contributed by atoms with E-state index in [4.69, 9.17) is 4.74 Å². The number of rotatable bonds is 4. The number of amides is 1. The van der Waals surface area contributed by atoms with Crippen LogP contribution in [0.3, 0.4) is 0 Å². The molecule has 0 atom stereocenters. The molecule has 5 nitrogen and oxygen atoms in total. The highest BCUT2D eigenvalue weighted by atomic mass is 16.5. The molecule has 1 aromatic carbocycles. The van der Waals surface area contributed by atoms with Crippen molar-refractivity contribution in [1.82, 2.24) is 10.2 Å². The molecular weight excluding hydrogens is 292 g/mol. The Balaban J connectivity index is 1.77. The summed E-state index contributed by atoms with van der Waals surface area (Å²) in [5.41, 5.74) is 3.10. The zero-order valence-corrected chi connectivity index (χ0v) is 13.6. The summed E-state index contributed by atoms with van der Waals surface area (Å²) >= 11 is 0. The number of carbonyl (C=O) groups excluding carboxylic acids is 2. The molecule has 1 N–H and O–H groups in total. The van der Waals surface area contributed by atoms with E-state index in [9.17, 15) is 9.59 Å². The normalized spacial score (nSPS) is 18.7. The first kappa shape index (κ1) is 16.0. The Morgan fingerprint density at radius 3 is 2.87 bits per heavy atom. The van der Waals surface area contributed by atoms with E-state index < -0.39 is 0 Å². The molecule has 1 fully saturated rings. The molecule has 0 radical (unpaired) electrons. The smallest absolute Gasteiger partial charge is 0.325 e. The Morgan fingerprint density at radius 1 is 1.35 bits per heavy atom. The second-order valence-corrected chi connectivity index (χ2v) is 6.22. The highest BCUT2D eigenvalue weighted by Gasteiger charge is 2.27. The number of carbonyl (C=O) groups is 2. The standard InChI is InChI=1S/C18H24N2O3/c1-2-23-17(21)12-20-10-7-14-3-4-15(11-16(14)18(20)22)13-5-8-19-9-6-13/h3-4,11,13,19H,2,5-10,12H2,1H3. The lowest BCUT2D eigenvalue weighted by atomic mass is 9.87. The van der Waals surface area contributed by atoms with Crippen molar-refractivity contribution in [2.45, 2.75) is 32.1 Å². The first-order valence-electron chi connectivity index (χ1n) is 8.47. The van der Waals surface area contributed by atoms with Crippen molar-refractivity contribution in [1.29, 1.82) is 0 Å². The lowest BCUT2D eigenvalue weighted by molar-refractivity contribution is -0.143. The molecule has 0 saturated carbocycles. The number of hydrogen-bond donors (Lipinski definition) is 1. The van der Waals surface area contributed by atoms with Crippen molar-refractivity contribution in [2.75, 3.05) is 32.8 Å². The average molecular weight is 316 g/mol. The topological polar surface area (TPSA) is 58.6 Å². The van der Waals surface area contributed by atoms with E-state index in [-0.39, 0.29) is 18.4 Å². The molecule has 1 saturated heterocycles. The molecule has 23 heavy (non-hydrogen) atoms. The van der Waals surface area contributed by atoms with E-state index in [2.05, 4.69) is 17.4 Å². The van der Waals surface area contributed by atoms with Crippen LogP contribution >= 0.6 is 0 Å². The molecule has 5 heteroatoms. The molecule has 0 spiro atoms. The summed E-state index contributed by atoms with van der Waals surface area (Å²) in [6.07, 6.45) is 3.02. The van der Waals surface area contributed by atoms with Crippen LogP contribution in [0.2, 0.25) is 0 Å². The van der Waals surface area contributed by atoms with E-state index >= 15 is 0 Å². The van der Waals surface area contributed by atoms with Gasteiger partial charge < -0.3 is 15.0 Å². The molecule has 0 bridgehead atoms. The third kappa shape index (κ3) is 3.55. The molecule has 0 aromatic heterocycles. The fraction of sp³-hybridized carbons (Fsp3) is 0.556. The lowest BCUT2D eigenvalue weighted by Crippen LogP contribution is -2.41. The fourth-order valence-electron chi connectivity index (χ4n) is 3.46. The summed E-state index contributed by atoms with van der Waals surface area (Å²) in [6.45, 7) is 4.81. The first-order chi connectivity index (χ1) is 11.2. The van der Waals surface area contributed by atoms with E-state index in [0.29, 0.717) is 19.1 Å². The predicted molar refractivity (Wildman–Crippen MR) is 87.5 cm³/mol. The minimum atomic E-state index is -0.334. The van der Waals surface area contributed by atoms with Crippen molar-refractivity contribution in [3.05, 3.63) is 34.9 Å². The van der Waals surface area contributed by atoms with Gasteiger partial charge in [-0.3, -0.25) is 9.59 Å². The molecule has 2 aliphatic heterocycles. The van der Waals surface area contributed by atoms with Crippen molar-refractivity contribution in [2.24, 2.45) is 0 Å². The maximum atomic E-state index is 12.7. The van der Waals surface area contributed by atoms with Crippen molar-refractivity contribution in [3.63, 3.8) is 0 Å². The zero-order chi connectivity index (χ0) is 16.2. The van der Waals surface area contributed by atoms with E-state index in [1.165, 1.54) is 5.56 Å². The quantitative estimate of drug-likeness (QED) is 0.859. The molecule has 0 aliphatic carbocycles. The van der Waals surface area contributed by atoms with Crippen LogP contribution in [0, 0.1) is 0 Å². The first-order valence-corrected chi connectivity index (χ1v) is 8.47. The Kier molecular flexibility index (Phi) is 4.96. The number of nitrogens with one attached hydrogen (secondary N) is 1. The van der Waals surface area contributed by atoms with Crippen molar-refractivity contribution < 1.29 is 14.3 Å². The number of hydrogen-bond acceptors (Lipinski definition) is 4. The van der Waals surface area contributed by atoms with Gasteiger partial charge in [0.1, 0.15) is 6.54 Å². The third-order valence-electron chi connectivity index (χ3n) is 4.74. The summed E-state index contributed by atoms with van der Waals surface area (Å²) in [4.78, 5) is 26.0. The van der Waals surface area contributed by atoms with Gasteiger partial charge in [0.2, 0.25) is 0 Å². The number of ether oxygens (including phenoxy) is 1. The van der Waals surface area contributed by atoms with Crippen LogP contribution in [0.1, 0.15) is 47.2 Å². The van der Waals surface area contributed by atoms with Gasteiger partial charge in [-0.1, -0.05) is 12.1 Å². The number of piperidine rings is 1. The van der Waals surface area contributed by atoms with Gasteiger partial charge in [0, 0.05) is 12.1 Å². The highest BCUT2D eigenvalue weighted by molar-refractivity contribution is 5.98. The van der Waals surface area contributed by atoms with Gasteiger partial charge >= 0.3 is 5.97 Å². The zero-order valence-electron chi connectivity index (χ0n) is 13.6. The SMILES string of the molecule is CCOC(=O)CN1CCc2ccc(C3CCNCC3)cc2C1=O. The van der Waals surface area contributed by atoms with Gasteiger partial charge in [-0.25, -0.2) is 0 Å². The number of esters is 1. The van der Waals surface area contributed by atoms with Crippen LogP contribution in [-0.2, 0) is 16.0 Å². The number of nitrogens with zero attached hydrogens (tertiary/aromatic N) is 1. The second-order valence-electron chi connectivity index (χ2n) is 6.22. The van der Waals surface area contributed by atoms with Gasteiger partial charge in [-0.15, -0.1) is 0 Å². The van der Waals surface area contributed by atoms with Crippen LogP contribution in [0.25, 0.3) is 0 Å². The molecule has 124 valence electrons. The van der Waals surface area contributed by atoms with Gasteiger partial charge in [0.15, 0.2) is 0 Å². The Morgan fingerprint density at radius 2 is 2.13 bits per heavy atom. The minimum absolute atomic E-state index is 0.0453. The van der Waals surface area contributed by atoms with Crippen LogP contribution in [0.15, 0.2) is 18.2 Å². The summed E-state index contributed by atoms with van der Waals surface area (Å²) in [7, 11) is 0. The van der Waals surface area contributed by atoms with Crippen LogP contribution < -0.4 is 5.32 Å². The molecular formula is C18H24N2O3. The van der Waals surface area contributed by atoms with Crippen LogP contribution in [0.5, 0.6) is 0 Å². The Labute approximate surface area is 137 Å². The number of fused-ring (bicyclic) bond motifs is 1. The van der Waals surface area contributed by atoms with Gasteiger partial charge in [-0.05, 0) is 62.4 Å².